The summed E-state index contributed by atoms with van der Waals surface area (Å²) >= 11 is 0. The summed E-state index contributed by atoms with van der Waals surface area (Å²) < 4.78 is 0. The Morgan fingerprint density at radius 1 is 1.09 bits per heavy atom. The quantitative estimate of drug-likeness (QED) is 0.775. The average Bonchev–Trinajstić information content (AvgIpc) is 2.56. The molecule has 0 radical (unpaired) electrons. The van der Waals surface area contributed by atoms with Gasteiger partial charge in [-0.3, -0.25) is 4.79 Å². The zero-order valence-electron chi connectivity index (χ0n) is 13.1. The van der Waals surface area contributed by atoms with Crippen LogP contribution < -0.4 is 10.6 Å². The average molecular weight is 306 g/mol. The number of carbonyl (C=O) groups excluding carboxylic acids is 1. The Morgan fingerprint density at radius 2 is 1.87 bits per heavy atom. The van der Waals surface area contributed by atoms with E-state index in [4.69, 9.17) is 0 Å². The summed E-state index contributed by atoms with van der Waals surface area (Å²) in [6.45, 7) is 3.82. The minimum absolute atomic E-state index is 0.115. The first-order chi connectivity index (χ1) is 11.1. The smallest absolute Gasteiger partial charge is 0.246 e. The van der Waals surface area contributed by atoms with Gasteiger partial charge in [0.25, 0.3) is 0 Å². The Labute approximate surface area is 134 Å². The van der Waals surface area contributed by atoms with Crippen LogP contribution in [0.1, 0.15) is 12.5 Å². The summed E-state index contributed by atoms with van der Waals surface area (Å²) in [5.41, 5.74) is 2.75. The van der Waals surface area contributed by atoms with E-state index < -0.39 is 6.04 Å². The molecule has 0 saturated carbocycles. The minimum atomic E-state index is -0.422. The standard InChI is InChI=1S/C18H18N4O/c1-12-8-9-16-15(10-12)17(20-11-19-16)21-13(2)18(23)22-14-6-4-3-5-7-14/h3-11,13H,1-2H3,(H,22,23)(H,19,20,21). The molecule has 1 aromatic heterocycles. The molecule has 1 amide bonds. The number of para-hydroxylation sites is 1. The molecule has 2 aromatic carbocycles. The van der Waals surface area contributed by atoms with Gasteiger partial charge in [-0.2, -0.15) is 0 Å². The summed E-state index contributed by atoms with van der Waals surface area (Å²) in [7, 11) is 0. The fourth-order valence-corrected chi connectivity index (χ4v) is 2.33. The molecule has 0 aliphatic heterocycles. The van der Waals surface area contributed by atoms with Crippen molar-refractivity contribution in [2.45, 2.75) is 19.9 Å². The van der Waals surface area contributed by atoms with Gasteiger partial charge in [0.15, 0.2) is 0 Å². The molecule has 1 unspecified atom stereocenters. The first kappa shape index (κ1) is 15.0. The number of fused-ring (bicyclic) bond motifs is 1. The predicted molar refractivity (Wildman–Crippen MR) is 92.4 cm³/mol. The number of aryl methyl sites for hydroxylation is 1. The molecule has 3 rings (SSSR count). The van der Waals surface area contributed by atoms with Gasteiger partial charge in [0.2, 0.25) is 5.91 Å². The fraction of sp³-hybridized carbons (Fsp3) is 0.167. The third-order valence-corrected chi connectivity index (χ3v) is 3.58. The van der Waals surface area contributed by atoms with E-state index in [9.17, 15) is 4.79 Å². The number of amides is 1. The van der Waals surface area contributed by atoms with Crippen LogP contribution in [0.5, 0.6) is 0 Å². The van der Waals surface area contributed by atoms with E-state index in [0.29, 0.717) is 5.82 Å². The molecule has 0 fully saturated rings. The number of carbonyl (C=O) groups is 1. The number of nitrogens with one attached hydrogen (secondary N) is 2. The molecule has 0 saturated heterocycles. The molecule has 0 bridgehead atoms. The van der Waals surface area contributed by atoms with E-state index in [0.717, 1.165) is 22.2 Å². The largest absolute Gasteiger partial charge is 0.358 e. The zero-order valence-corrected chi connectivity index (χ0v) is 13.1. The zero-order chi connectivity index (χ0) is 16.2. The van der Waals surface area contributed by atoms with Gasteiger partial charge in [-0.15, -0.1) is 0 Å². The third kappa shape index (κ3) is 3.45. The highest BCUT2D eigenvalue weighted by atomic mass is 16.2. The number of benzene rings is 2. The Bertz CT molecular complexity index is 833. The lowest BCUT2D eigenvalue weighted by Crippen LogP contribution is -2.32. The van der Waals surface area contributed by atoms with Gasteiger partial charge in [-0.25, -0.2) is 9.97 Å². The van der Waals surface area contributed by atoms with Crippen molar-refractivity contribution in [1.82, 2.24) is 9.97 Å². The highest BCUT2D eigenvalue weighted by Gasteiger charge is 2.15. The molecule has 116 valence electrons. The summed E-state index contributed by atoms with van der Waals surface area (Å²) in [6, 6.07) is 14.9. The molecule has 2 N–H and O–H groups in total. The lowest BCUT2D eigenvalue weighted by Gasteiger charge is -2.16. The Morgan fingerprint density at radius 3 is 2.65 bits per heavy atom. The van der Waals surface area contributed by atoms with Gasteiger partial charge in [-0.1, -0.05) is 29.8 Å². The number of rotatable bonds is 4. The lowest BCUT2D eigenvalue weighted by molar-refractivity contribution is -0.116. The highest BCUT2D eigenvalue weighted by molar-refractivity contribution is 5.98. The number of nitrogens with zero attached hydrogens (tertiary/aromatic N) is 2. The highest BCUT2D eigenvalue weighted by Crippen LogP contribution is 2.21. The monoisotopic (exact) mass is 306 g/mol. The van der Waals surface area contributed by atoms with Gasteiger partial charge in [0.1, 0.15) is 18.2 Å². The van der Waals surface area contributed by atoms with Crippen molar-refractivity contribution in [3.8, 4) is 0 Å². The van der Waals surface area contributed by atoms with Crippen LogP contribution in [-0.4, -0.2) is 21.9 Å². The number of hydrogen-bond acceptors (Lipinski definition) is 4. The number of hydrogen-bond donors (Lipinski definition) is 2. The van der Waals surface area contributed by atoms with Crippen molar-refractivity contribution in [2.24, 2.45) is 0 Å². The second kappa shape index (κ2) is 6.44. The first-order valence-electron chi connectivity index (χ1n) is 7.47. The van der Waals surface area contributed by atoms with Crippen LogP contribution in [0.15, 0.2) is 54.9 Å². The van der Waals surface area contributed by atoms with Crippen molar-refractivity contribution in [1.29, 1.82) is 0 Å². The SMILES string of the molecule is Cc1ccc2ncnc(NC(C)C(=O)Nc3ccccc3)c2c1. The van der Waals surface area contributed by atoms with Crippen molar-refractivity contribution < 1.29 is 4.79 Å². The van der Waals surface area contributed by atoms with Gasteiger partial charge < -0.3 is 10.6 Å². The summed E-state index contributed by atoms with van der Waals surface area (Å²) in [5, 5.41) is 6.95. The Balaban J connectivity index is 1.78. The maximum absolute atomic E-state index is 12.3. The summed E-state index contributed by atoms with van der Waals surface area (Å²) in [6.07, 6.45) is 1.50. The molecule has 5 heteroatoms. The number of anilines is 2. The second-order valence-corrected chi connectivity index (χ2v) is 5.46. The number of aromatic nitrogens is 2. The Hall–Kier alpha value is -2.95. The molecular formula is C18H18N4O. The second-order valence-electron chi connectivity index (χ2n) is 5.46. The predicted octanol–water partition coefficient (Wildman–Crippen LogP) is 3.38. The van der Waals surface area contributed by atoms with Crippen molar-refractivity contribution >= 4 is 28.3 Å². The topological polar surface area (TPSA) is 66.9 Å². The first-order valence-corrected chi connectivity index (χ1v) is 7.47. The normalized spacial score (nSPS) is 11.9. The van der Waals surface area contributed by atoms with Crippen molar-refractivity contribution in [3.05, 3.63) is 60.4 Å². The molecule has 0 aliphatic carbocycles. The van der Waals surface area contributed by atoms with E-state index in [-0.39, 0.29) is 5.91 Å². The molecule has 1 atom stereocenters. The fourth-order valence-electron chi connectivity index (χ4n) is 2.33. The molecule has 0 spiro atoms. The molecule has 0 aliphatic rings. The van der Waals surface area contributed by atoms with Gasteiger partial charge >= 0.3 is 0 Å². The minimum Gasteiger partial charge on any atom is -0.358 e. The van der Waals surface area contributed by atoms with Crippen LogP contribution in [0.25, 0.3) is 10.9 Å². The summed E-state index contributed by atoms with van der Waals surface area (Å²) in [4.78, 5) is 20.8. The van der Waals surface area contributed by atoms with E-state index in [1.54, 1.807) is 0 Å². The van der Waals surface area contributed by atoms with E-state index >= 15 is 0 Å². The molecule has 23 heavy (non-hydrogen) atoms. The van der Waals surface area contributed by atoms with Gasteiger partial charge in [-0.05, 0) is 38.1 Å². The maximum atomic E-state index is 12.3. The molecular weight excluding hydrogens is 288 g/mol. The Kier molecular flexibility index (Phi) is 4.19. The van der Waals surface area contributed by atoms with Crippen LogP contribution in [0.4, 0.5) is 11.5 Å². The van der Waals surface area contributed by atoms with Crippen LogP contribution in [-0.2, 0) is 4.79 Å². The van der Waals surface area contributed by atoms with Gasteiger partial charge in [0.05, 0.1) is 5.52 Å². The van der Waals surface area contributed by atoms with E-state index in [2.05, 4.69) is 20.6 Å². The van der Waals surface area contributed by atoms with Crippen LogP contribution in [0.3, 0.4) is 0 Å². The van der Waals surface area contributed by atoms with E-state index in [1.807, 2.05) is 62.4 Å². The van der Waals surface area contributed by atoms with E-state index in [1.165, 1.54) is 6.33 Å². The molecule has 5 nitrogen and oxygen atoms in total. The molecule has 1 heterocycles. The van der Waals surface area contributed by atoms with Crippen molar-refractivity contribution in [3.63, 3.8) is 0 Å². The van der Waals surface area contributed by atoms with Crippen molar-refractivity contribution in [2.75, 3.05) is 10.6 Å². The van der Waals surface area contributed by atoms with Crippen LogP contribution >= 0.6 is 0 Å². The van der Waals surface area contributed by atoms with Crippen LogP contribution in [0, 0.1) is 6.92 Å². The van der Waals surface area contributed by atoms with Crippen LogP contribution in [0.2, 0.25) is 0 Å². The maximum Gasteiger partial charge on any atom is 0.246 e. The third-order valence-electron chi connectivity index (χ3n) is 3.58. The summed E-state index contributed by atoms with van der Waals surface area (Å²) in [5.74, 6) is 0.546. The lowest BCUT2D eigenvalue weighted by atomic mass is 10.1. The van der Waals surface area contributed by atoms with Gasteiger partial charge in [0, 0.05) is 11.1 Å². The molecule has 3 aromatic rings.